The fourth-order valence-electron chi connectivity index (χ4n) is 4.99. The van der Waals surface area contributed by atoms with Gasteiger partial charge in [-0.05, 0) is 95.4 Å². The van der Waals surface area contributed by atoms with Crippen molar-refractivity contribution in [1.29, 1.82) is 0 Å². The van der Waals surface area contributed by atoms with E-state index in [-0.39, 0.29) is 26.2 Å². The van der Waals surface area contributed by atoms with Crippen molar-refractivity contribution in [2.75, 3.05) is 36.0 Å². The van der Waals surface area contributed by atoms with Gasteiger partial charge in [-0.15, -0.1) is 0 Å². The first-order valence-corrected chi connectivity index (χ1v) is 13.1. The van der Waals surface area contributed by atoms with E-state index in [4.69, 9.17) is 32.8 Å². The van der Waals surface area contributed by atoms with Gasteiger partial charge >= 0.3 is 56.5 Å². The minimum absolute atomic E-state index is 0. The van der Waals surface area contributed by atoms with Gasteiger partial charge in [0.1, 0.15) is 0 Å². The van der Waals surface area contributed by atoms with E-state index in [1.807, 2.05) is 0 Å². The van der Waals surface area contributed by atoms with Gasteiger partial charge in [0.15, 0.2) is 11.6 Å². The molecule has 0 N–H and O–H groups in total. The molecule has 0 spiro atoms. The maximum Gasteiger partial charge on any atom is 0 e. The molecule has 1 aromatic rings. The van der Waals surface area contributed by atoms with E-state index in [2.05, 4.69) is 77.7 Å². The van der Waals surface area contributed by atoms with Gasteiger partial charge in [-0.1, -0.05) is 0 Å². The first-order valence-electron chi connectivity index (χ1n) is 11.8. The molecule has 0 aromatic carbocycles. The Bertz CT molecular complexity index is 917. The topological polar surface area (TPSA) is 132 Å². The summed E-state index contributed by atoms with van der Waals surface area (Å²) < 4.78 is 48.3. The molecule has 2 fully saturated rings. The molecule has 0 atom stereocenters. The van der Waals surface area contributed by atoms with Crippen molar-refractivity contribution >= 4 is 19.5 Å². The molecule has 11 heteroatoms. The second-order valence-corrected chi connectivity index (χ2v) is 10.7. The van der Waals surface area contributed by atoms with E-state index in [1.165, 1.54) is 72.5 Å². The standard InChI is InChI=1S/C22H35N4P.5CO.W/c1-16-17(2)19(4)22(5,18(16)3)27-23-20(25-12-8-6-9-13-25)21(24-27)26-14-10-7-11-15-26;5*1-2;/h6-15H2,1-5H3;;;;;;. The summed E-state index contributed by atoms with van der Waals surface area (Å²) in [6.45, 7) is 38.6. The van der Waals surface area contributed by atoms with Crippen molar-refractivity contribution in [3.05, 3.63) is 55.5 Å². The Morgan fingerprint density at radius 1 is 0.579 bits per heavy atom. The van der Waals surface area contributed by atoms with Crippen molar-refractivity contribution in [3.8, 4) is 0 Å². The SMILES string of the molecule is CC1=C(C)C(C)(p2nc(N3CCCCC3)c(N3CCCCC3)n2)C(C)=C1C.[C-]#[O+].[C-]#[O+].[C-]#[O+].[C-]#[O+].[C-]#[O+].[W]. The molecule has 38 heavy (non-hydrogen) atoms. The van der Waals surface area contributed by atoms with Crippen molar-refractivity contribution in [3.63, 3.8) is 0 Å². The summed E-state index contributed by atoms with van der Waals surface area (Å²) in [4.78, 5) is 5.07. The van der Waals surface area contributed by atoms with Crippen molar-refractivity contribution in [2.45, 2.75) is 78.3 Å². The van der Waals surface area contributed by atoms with E-state index in [9.17, 15) is 0 Å². The summed E-state index contributed by atoms with van der Waals surface area (Å²) >= 11 is 0. The summed E-state index contributed by atoms with van der Waals surface area (Å²) in [5.41, 5.74) is 5.87. The third kappa shape index (κ3) is 9.10. The molecule has 3 aliphatic rings. The zero-order valence-electron chi connectivity index (χ0n) is 22.8. The zero-order chi connectivity index (χ0) is 29.2. The van der Waals surface area contributed by atoms with Gasteiger partial charge in [-0.2, -0.15) is 9.49 Å². The molecule has 2 saturated heterocycles. The second kappa shape index (κ2) is 22.0. The second-order valence-electron chi connectivity index (χ2n) is 8.80. The zero-order valence-corrected chi connectivity index (χ0v) is 26.6. The monoisotopic (exact) mass is 710 g/mol. The summed E-state index contributed by atoms with van der Waals surface area (Å²) in [6, 6.07) is 0. The molecule has 4 rings (SSSR count). The van der Waals surface area contributed by atoms with Gasteiger partial charge in [0.2, 0.25) is 0 Å². The van der Waals surface area contributed by atoms with Crippen LogP contribution in [0.2, 0.25) is 0 Å². The molecule has 3 heterocycles. The van der Waals surface area contributed by atoms with Crippen molar-refractivity contribution in [2.24, 2.45) is 0 Å². The fraction of sp³-hybridized carbons (Fsp3) is 0.593. The predicted octanol–water partition coefficient (Wildman–Crippen LogP) is 5.66. The van der Waals surface area contributed by atoms with Crippen LogP contribution in [0.3, 0.4) is 0 Å². The van der Waals surface area contributed by atoms with E-state index in [0.29, 0.717) is 0 Å². The van der Waals surface area contributed by atoms with Crippen LogP contribution >= 0.6 is 7.85 Å². The number of allylic oxidation sites excluding steroid dienone is 4. The van der Waals surface area contributed by atoms with Crippen LogP contribution in [0, 0.1) is 33.3 Å². The van der Waals surface area contributed by atoms with Crippen LogP contribution in [0.15, 0.2) is 22.3 Å². The molecule has 1 aliphatic carbocycles. The van der Waals surface area contributed by atoms with Gasteiger partial charge in [-0.25, -0.2) is 0 Å². The summed E-state index contributed by atoms with van der Waals surface area (Å²) in [5.74, 6) is 2.43. The van der Waals surface area contributed by atoms with Crippen LogP contribution in [0.25, 0.3) is 0 Å². The van der Waals surface area contributed by atoms with Gasteiger partial charge in [-0.3, -0.25) is 0 Å². The van der Waals surface area contributed by atoms with Crippen LogP contribution in [-0.4, -0.2) is 35.7 Å². The molecule has 0 bridgehead atoms. The third-order valence-corrected chi connectivity index (χ3v) is 9.67. The maximum atomic E-state index is 7.50. The fourth-order valence-corrected chi connectivity index (χ4v) is 7.16. The van der Waals surface area contributed by atoms with E-state index in [1.54, 1.807) is 0 Å². The Labute approximate surface area is 242 Å². The summed E-state index contributed by atoms with van der Waals surface area (Å²) in [5, 5.41) is -0.0118. The van der Waals surface area contributed by atoms with Gasteiger partial charge in [0.05, 0.1) is 13.0 Å². The van der Waals surface area contributed by atoms with Gasteiger partial charge in [0.25, 0.3) is 0 Å². The summed E-state index contributed by atoms with van der Waals surface area (Å²) in [6.07, 6.45) is 7.87. The molecule has 9 nitrogen and oxygen atoms in total. The van der Waals surface area contributed by atoms with Crippen LogP contribution < -0.4 is 9.80 Å². The molecule has 0 unspecified atom stereocenters. The Morgan fingerprint density at radius 3 is 1.11 bits per heavy atom. The van der Waals surface area contributed by atoms with Crippen LogP contribution in [0.1, 0.15) is 73.1 Å². The van der Waals surface area contributed by atoms with Gasteiger partial charge < -0.3 is 9.80 Å². The number of anilines is 2. The minimum atomic E-state index is -0.812. The van der Waals surface area contributed by atoms with Crippen LogP contribution in [-0.2, 0) is 49.5 Å². The number of aromatic nitrogens is 2. The molecule has 0 radical (unpaired) electrons. The molecule has 0 amide bonds. The first-order chi connectivity index (χ1) is 17.9. The minimum Gasteiger partial charge on any atom is 0 e. The number of hydrogen-bond donors (Lipinski definition) is 0. The normalized spacial score (nSPS) is 17.0. The molecule has 0 saturated carbocycles. The van der Waals surface area contributed by atoms with E-state index >= 15 is 0 Å². The van der Waals surface area contributed by atoms with Crippen molar-refractivity contribution < 1.29 is 44.3 Å². The average molecular weight is 710 g/mol. The number of nitrogens with zero attached hydrogens (tertiary/aromatic N) is 4. The number of hydrogen-bond acceptors (Lipinski definition) is 4. The Hall–Kier alpha value is -1.89. The Kier molecular flexibility index (Phi) is 23.5. The van der Waals surface area contributed by atoms with E-state index < -0.39 is 7.85 Å². The van der Waals surface area contributed by atoms with Gasteiger partial charge in [0, 0.05) is 47.2 Å². The first kappa shape index (κ1) is 40.6. The number of piperidine rings is 2. The Balaban J connectivity index is -0.00000100. The summed E-state index contributed by atoms with van der Waals surface area (Å²) in [7, 11) is -0.812. The smallest absolute Gasteiger partial charge is 0 e. The average Bonchev–Trinajstić information content (AvgIpc) is 3.52. The third-order valence-electron chi connectivity index (χ3n) is 7.44. The molecule has 2 aliphatic heterocycles. The van der Waals surface area contributed by atoms with E-state index in [0.717, 1.165) is 26.2 Å². The van der Waals surface area contributed by atoms with Crippen molar-refractivity contribution in [1.82, 2.24) is 9.49 Å². The molecule has 204 valence electrons. The van der Waals surface area contributed by atoms with Crippen LogP contribution in [0.5, 0.6) is 0 Å². The molecule has 1 aromatic heterocycles. The maximum absolute atomic E-state index is 7.50. The molecular formula is C27H35N4O5PW. The quantitative estimate of drug-likeness (QED) is 0.296. The van der Waals surface area contributed by atoms with Crippen LogP contribution in [0.4, 0.5) is 11.6 Å². The molecular weight excluding hydrogens is 675 g/mol. The number of rotatable bonds is 3. The largest absolute Gasteiger partial charge is 0 e. The predicted molar refractivity (Wildman–Crippen MR) is 137 cm³/mol. The Morgan fingerprint density at radius 2 is 0.842 bits per heavy atom.